The minimum atomic E-state index is -0.464. The first-order valence-corrected chi connectivity index (χ1v) is 5.66. The number of hydrogen-bond acceptors (Lipinski definition) is 2. The molecule has 4 heteroatoms. The van der Waals surface area contributed by atoms with Gasteiger partial charge < -0.3 is 4.74 Å². The predicted octanol–water partition coefficient (Wildman–Crippen LogP) is 3.37. The van der Waals surface area contributed by atoms with Gasteiger partial charge in [0.25, 0.3) is 0 Å². The molecule has 0 aromatic heterocycles. The summed E-state index contributed by atoms with van der Waals surface area (Å²) in [4.78, 5) is 11.2. The predicted molar refractivity (Wildman–Crippen MR) is 59.3 cm³/mol. The van der Waals surface area contributed by atoms with Gasteiger partial charge in [0.05, 0.1) is 5.02 Å². The summed E-state index contributed by atoms with van der Waals surface area (Å²) >= 11 is 5.64. The summed E-state index contributed by atoms with van der Waals surface area (Å²) < 4.78 is 18.5. The highest BCUT2D eigenvalue weighted by atomic mass is 35.5. The number of hydrogen-bond donors (Lipinski definition) is 0. The van der Waals surface area contributed by atoms with E-state index >= 15 is 0 Å². The van der Waals surface area contributed by atoms with Crippen LogP contribution in [0.2, 0.25) is 5.02 Å². The Labute approximate surface area is 98.4 Å². The van der Waals surface area contributed by atoms with Gasteiger partial charge in [-0.2, -0.15) is 0 Å². The molecule has 0 bridgehead atoms. The van der Waals surface area contributed by atoms with Crippen molar-refractivity contribution in [2.45, 2.75) is 31.8 Å². The van der Waals surface area contributed by atoms with Gasteiger partial charge in [0.15, 0.2) is 0 Å². The third kappa shape index (κ3) is 2.73. The highest BCUT2D eigenvalue weighted by Crippen LogP contribution is 2.25. The van der Waals surface area contributed by atoms with E-state index in [1.165, 1.54) is 18.2 Å². The van der Waals surface area contributed by atoms with E-state index in [0.29, 0.717) is 18.6 Å². The Morgan fingerprint density at radius 2 is 2.25 bits per heavy atom. The van der Waals surface area contributed by atoms with E-state index in [4.69, 9.17) is 16.3 Å². The number of ketones is 1. The van der Waals surface area contributed by atoms with E-state index < -0.39 is 5.82 Å². The number of halogens is 2. The van der Waals surface area contributed by atoms with Gasteiger partial charge in [0.2, 0.25) is 0 Å². The summed E-state index contributed by atoms with van der Waals surface area (Å²) in [6.07, 6.45) is 2.71. The number of ether oxygens (including phenoxy) is 1. The average Bonchev–Trinajstić information content (AvgIpc) is 2.24. The van der Waals surface area contributed by atoms with Crippen molar-refractivity contribution < 1.29 is 13.9 Å². The maximum Gasteiger partial charge on any atom is 0.142 e. The fourth-order valence-electron chi connectivity index (χ4n) is 1.83. The van der Waals surface area contributed by atoms with Gasteiger partial charge in [0.1, 0.15) is 23.5 Å². The molecule has 1 aromatic carbocycles. The lowest BCUT2D eigenvalue weighted by molar-refractivity contribution is -0.122. The first-order chi connectivity index (χ1) is 7.65. The summed E-state index contributed by atoms with van der Waals surface area (Å²) in [6, 6.07) is 4.23. The Kier molecular flexibility index (Phi) is 3.44. The molecule has 0 aliphatic heterocycles. The van der Waals surface area contributed by atoms with Crippen LogP contribution in [-0.2, 0) is 4.79 Å². The first-order valence-electron chi connectivity index (χ1n) is 5.28. The Morgan fingerprint density at radius 1 is 1.44 bits per heavy atom. The minimum Gasteiger partial charge on any atom is -0.490 e. The summed E-state index contributed by atoms with van der Waals surface area (Å²) in [5.74, 6) is 0.282. The highest BCUT2D eigenvalue weighted by molar-refractivity contribution is 6.30. The Morgan fingerprint density at radius 3 is 2.94 bits per heavy atom. The largest absolute Gasteiger partial charge is 0.490 e. The van der Waals surface area contributed by atoms with Gasteiger partial charge in [-0.15, -0.1) is 0 Å². The minimum absolute atomic E-state index is 0.0413. The molecule has 1 atom stereocenters. The standard InChI is InChI=1S/C12H12ClFO2/c13-11-7-10(4-5-12(11)14)16-9-3-1-2-8(15)6-9/h4-5,7,9H,1-3,6H2. The third-order valence-electron chi connectivity index (χ3n) is 2.63. The van der Waals surface area contributed by atoms with Gasteiger partial charge in [0, 0.05) is 18.9 Å². The molecule has 0 amide bonds. The lowest BCUT2D eigenvalue weighted by atomic mass is 9.96. The fraction of sp³-hybridized carbons (Fsp3) is 0.417. The topological polar surface area (TPSA) is 26.3 Å². The van der Waals surface area contributed by atoms with Crippen molar-refractivity contribution in [1.29, 1.82) is 0 Å². The van der Waals surface area contributed by atoms with Crippen LogP contribution in [0.5, 0.6) is 5.75 Å². The van der Waals surface area contributed by atoms with Gasteiger partial charge in [-0.1, -0.05) is 11.6 Å². The maximum atomic E-state index is 12.9. The molecule has 16 heavy (non-hydrogen) atoms. The fourth-order valence-corrected chi connectivity index (χ4v) is 2.00. The molecule has 1 aliphatic rings. The SMILES string of the molecule is O=C1CCCC(Oc2ccc(F)c(Cl)c2)C1. The van der Waals surface area contributed by atoms with Crippen LogP contribution in [0.15, 0.2) is 18.2 Å². The van der Waals surface area contributed by atoms with E-state index in [2.05, 4.69) is 0 Å². The zero-order chi connectivity index (χ0) is 11.5. The molecule has 1 unspecified atom stereocenters. The number of Topliss-reactive ketones (excluding diaryl/α,β-unsaturated/α-hetero) is 1. The van der Waals surface area contributed by atoms with Crippen molar-refractivity contribution in [3.63, 3.8) is 0 Å². The molecule has 1 aliphatic carbocycles. The summed E-state index contributed by atoms with van der Waals surface area (Å²) in [6.45, 7) is 0. The molecule has 0 N–H and O–H groups in total. The number of carbonyl (C=O) groups is 1. The molecule has 0 saturated heterocycles. The molecule has 86 valence electrons. The Hall–Kier alpha value is -1.09. The molecule has 2 nitrogen and oxygen atoms in total. The third-order valence-corrected chi connectivity index (χ3v) is 2.92. The lowest BCUT2D eigenvalue weighted by Crippen LogP contribution is -2.25. The molecule has 1 aromatic rings. The van der Waals surface area contributed by atoms with E-state index in [9.17, 15) is 9.18 Å². The second-order valence-electron chi connectivity index (χ2n) is 3.95. The molecule has 0 heterocycles. The summed E-state index contributed by atoms with van der Waals surface area (Å²) in [7, 11) is 0. The molecular weight excluding hydrogens is 231 g/mol. The van der Waals surface area contributed by atoms with Crippen LogP contribution in [0.3, 0.4) is 0 Å². The molecule has 0 spiro atoms. The van der Waals surface area contributed by atoms with Crippen molar-refractivity contribution in [2.75, 3.05) is 0 Å². The van der Waals surface area contributed by atoms with Crippen molar-refractivity contribution >= 4 is 17.4 Å². The number of carbonyl (C=O) groups excluding carboxylic acids is 1. The second-order valence-corrected chi connectivity index (χ2v) is 4.36. The normalized spacial score (nSPS) is 20.9. The van der Waals surface area contributed by atoms with Gasteiger partial charge in [-0.05, 0) is 25.0 Å². The molecule has 0 radical (unpaired) electrons. The summed E-state index contributed by atoms with van der Waals surface area (Å²) in [5.41, 5.74) is 0. The number of rotatable bonds is 2. The van der Waals surface area contributed by atoms with Crippen LogP contribution in [-0.4, -0.2) is 11.9 Å². The van der Waals surface area contributed by atoms with Gasteiger partial charge in [-0.3, -0.25) is 4.79 Å². The van der Waals surface area contributed by atoms with E-state index in [1.54, 1.807) is 0 Å². The first kappa shape index (κ1) is 11.4. The maximum absolute atomic E-state index is 12.9. The molecule has 1 saturated carbocycles. The van der Waals surface area contributed by atoms with Crippen LogP contribution < -0.4 is 4.74 Å². The van der Waals surface area contributed by atoms with E-state index in [-0.39, 0.29) is 16.9 Å². The lowest BCUT2D eigenvalue weighted by Gasteiger charge is -2.22. The monoisotopic (exact) mass is 242 g/mol. The van der Waals surface area contributed by atoms with Crippen LogP contribution in [0.1, 0.15) is 25.7 Å². The van der Waals surface area contributed by atoms with Crippen molar-refractivity contribution in [3.05, 3.63) is 29.0 Å². The van der Waals surface area contributed by atoms with Crippen LogP contribution in [0.25, 0.3) is 0 Å². The average molecular weight is 243 g/mol. The second kappa shape index (κ2) is 4.83. The van der Waals surface area contributed by atoms with Crippen molar-refractivity contribution in [3.8, 4) is 5.75 Å². The van der Waals surface area contributed by atoms with Crippen molar-refractivity contribution in [1.82, 2.24) is 0 Å². The van der Waals surface area contributed by atoms with Crippen molar-refractivity contribution in [2.24, 2.45) is 0 Å². The molecular formula is C12H12ClFO2. The molecule has 1 fully saturated rings. The highest BCUT2D eigenvalue weighted by Gasteiger charge is 2.20. The Balaban J connectivity index is 2.03. The van der Waals surface area contributed by atoms with E-state index in [1.807, 2.05) is 0 Å². The zero-order valence-corrected chi connectivity index (χ0v) is 9.47. The Bertz CT molecular complexity index is 406. The van der Waals surface area contributed by atoms with Crippen LogP contribution in [0.4, 0.5) is 4.39 Å². The van der Waals surface area contributed by atoms with Gasteiger partial charge in [-0.25, -0.2) is 4.39 Å². The quantitative estimate of drug-likeness (QED) is 0.795. The van der Waals surface area contributed by atoms with Crippen LogP contribution in [0, 0.1) is 5.82 Å². The van der Waals surface area contributed by atoms with Gasteiger partial charge >= 0.3 is 0 Å². The number of benzene rings is 1. The van der Waals surface area contributed by atoms with E-state index in [0.717, 1.165) is 12.8 Å². The smallest absolute Gasteiger partial charge is 0.142 e. The molecule has 2 rings (SSSR count). The zero-order valence-electron chi connectivity index (χ0n) is 8.71. The summed E-state index contributed by atoms with van der Waals surface area (Å²) in [5, 5.41) is 0.0413. The van der Waals surface area contributed by atoms with Crippen LogP contribution >= 0.6 is 11.6 Å².